The molecule has 0 unspecified atom stereocenters. The predicted octanol–water partition coefficient (Wildman–Crippen LogP) is 5.66. The first-order valence-corrected chi connectivity index (χ1v) is 9.11. The highest BCUT2D eigenvalue weighted by Crippen LogP contribution is 2.31. The Morgan fingerprint density at radius 1 is 0.857 bits per heavy atom. The average molecular weight is 289 g/mol. The van der Waals surface area contributed by atoms with Gasteiger partial charge in [-0.2, -0.15) is 15.5 Å². The molecule has 0 bridgehead atoms. The summed E-state index contributed by atoms with van der Waals surface area (Å²) in [4.78, 5) is 0. The molecule has 21 heavy (non-hydrogen) atoms. The maximum absolute atomic E-state index is 8.91. The Kier molecular flexibility index (Phi) is 7.19. The number of nitriles is 1. The number of hydrogen-bond donors (Lipinski definition) is 0. The molecule has 0 aliphatic heterocycles. The van der Waals surface area contributed by atoms with Crippen molar-refractivity contribution in [1.82, 2.24) is 0 Å². The molecule has 2 aliphatic rings. The molecule has 0 heterocycles. The van der Waals surface area contributed by atoms with E-state index in [0.717, 1.165) is 31.6 Å². The average Bonchev–Trinajstić information content (AvgIpc) is 2.55. The second kappa shape index (κ2) is 9.18. The van der Waals surface area contributed by atoms with Crippen molar-refractivity contribution in [3.05, 3.63) is 0 Å². The summed E-state index contributed by atoms with van der Waals surface area (Å²) in [5, 5.41) is 18.1. The quantitative estimate of drug-likeness (QED) is 0.459. The molecule has 0 aromatic heterocycles. The lowest BCUT2D eigenvalue weighted by Gasteiger charge is -2.26. The van der Waals surface area contributed by atoms with Crippen LogP contribution in [0.4, 0.5) is 0 Å². The Morgan fingerprint density at radius 2 is 1.43 bits per heavy atom. The zero-order chi connectivity index (χ0) is 14.9. The van der Waals surface area contributed by atoms with Crippen molar-refractivity contribution in [2.24, 2.45) is 22.1 Å². The van der Waals surface area contributed by atoms with E-state index in [2.05, 4.69) is 23.2 Å². The summed E-state index contributed by atoms with van der Waals surface area (Å²) in [6.45, 7) is 2.28. The molecule has 0 aromatic carbocycles. The molecule has 2 rings (SSSR count). The zero-order valence-electron chi connectivity index (χ0n) is 13.6. The van der Waals surface area contributed by atoms with Crippen LogP contribution in [-0.4, -0.2) is 12.1 Å². The van der Waals surface area contributed by atoms with E-state index >= 15 is 0 Å². The van der Waals surface area contributed by atoms with Crippen LogP contribution in [0.15, 0.2) is 10.2 Å². The number of hydrogen-bond acceptors (Lipinski definition) is 3. The molecule has 0 atom stereocenters. The molecule has 2 aliphatic carbocycles. The predicted molar refractivity (Wildman–Crippen MR) is 86.1 cm³/mol. The summed E-state index contributed by atoms with van der Waals surface area (Å²) in [5.41, 5.74) is 0. The number of unbranched alkanes of at least 4 members (excludes halogenated alkanes) is 2. The van der Waals surface area contributed by atoms with Crippen LogP contribution in [0.1, 0.15) is 84.0 Å². The Hall–Kier alpha value is -0.910. The van der Waals surface area contributed by atoms with Gasteiger partial charge in [0.15, 0.2) is 0 Å². The van der Waals surface area contributed by atoms with E-state index < -0.39 is 0 Å². The van der Waals surface area contributed by atoms with Crippen molar-refractivity contribution in [1.29, 1.82) is 5.26 Å². The van der Waals surface area contributed by atoms with Crippen molar-refractivity contribution in [2.45, 2.75) is 96.1 Å². The highest BCUT2D eigenvalue weighted by molar-refractivity contribution is 4.89. The summed E-state index contributed by atoms with van der Waals surface area (Å²) in [6, 6.07) is 3.27. The molecule has 0 saturated heterocycles. The Labute approximate surface area is 130 Å². The SMILES string of the molecule is CCCCCC1CCC(N=NC2CCC(C#N)CC2)CC1. The second-order valence-corrected chi connectivity index (χ2v) is 7.04. The molecular formula is C18H31N3. The topological polar surface area (TPSA) is 48.5 Å². The van der Waals surface area contributed by atoms with Gasteiger partial charge >= 0.3 is 0 Å². The first-order chi connectivity index (χ1) is 10.3. The number of rotatable bonds is 6. The number of nitrogens with zero attached hydrogens (tertiary/aromatic N) is 3. The summed E-state index contributed by atoms with van der Waals surface area (Å²) in [6.07, 6.45) is 14.9. The van der Waals surface area contributed by atoms with Gasteiger partial charge in [-0.25, -0.2) is 0 Å². The minimum atomic E-state index is 0.273. The van der Waals surface area contributed by atoms with E-state index in [0.29, 0.717) is 12.1 Å². The van der Waals surface area contributed by atoms with Crippen LogP contribution in [0.25, 0.3) is 0 Å². The molecule has 2 saturated carbocycles. The lowest BCUT2D eigenvalue weighted by atomic mass is 9.83. The lowest BCUT2D eigenvalue weighted by Crippen LogP contribution is -2.19. The Balaban J connectivity index is 1.62. The van der Waals surface area contributed by atoms with Crippen LogP contribution < -0.4 is 0 Å². The third kappa shape index (κ3) is 5.77. The van der Waals surface area contributed by atoms with Crippen molar-refractivity contribution in [3.63, 3.8) is 0 Å². The van der Waals surface area contributed by atoms with E-state index in [-0.39, 0.29) is 5.92 Å². The van der Waals surface area contributed by atoms with Gasteiger partial charge in [0.25, 0.3) is 0 Å². The largest absolute Gasteiger partial charge is 0.198 e. The number of azo groups is 1. The fraction of sp³-hybridized carbons (Fsp3) is 0.944. The molecule has 0 amide bonds. The second-order valence-electron chi connectivity index (χ2n) is 7.04. The van der Waals surface area contributed by atoms with Crippen LogP contribution >= 0.6 is 0 Å². The van der Waals surface area contributed by atoms with E-state index in [4.69, 9.17) is 5.26 Å². The molecule has 3 nitrogen and oxygen atoms in total. The molecule has 118 valence electrons. The minimum absolute atomic E-state index is 0.273. The van der Waals surface area contributed by atoms with Crippen LogP contribution in [0.3, 0.4) is 0 Å². The van der Waals surface area contributed by atoms with Crippen LogP contribution in [-0.2, 0) is 0 Å². The molecule has 0 N–H and O–H groups in total. The Morgan fingerprint density at radius 3 is 1.95 bits per heavy atom. The Bertz CT molecular complexity index is 342. The van der Waals surface area contributed by atoms with Gasteiger partial charge in [-0.3, -0.25) is 0 Å². The highest BCUT2D eigenvalue weighted by Gasteiger charge is 2.23. The molecule has 2 fully saturated rings. The summed E-state index contributed by atoms with van der Waals surface area (Å²) in [5.74, 6) is 1.23. The van der Waals surface area contributed by atoms with E-state index in [1.807, 2.05) is 0 Å². The molecule has 0 aromatic rings. The van der Waals surface area contributed by atoms with Gasteiger partial charge < -0.3 is 0 Å². The van der Waals surface area contributed by atoms with E-state index in [9.17, 15) is 0 Å². The van der Waals surface area contributed by atoms with Gasteiger partial charge in [0.1, 0.15) is 0 Å². The van der Waals surface area contributed by atoms with Crippen molar-refractivity contribution in [2.75, 3.05) is 0 Å². The molecular weight excluding hydrogens is 258 g/mol. The standard InChI is InChI=1S/C18H31N3/c1-2-3-4-5-15-6-10-17(11-7-15)20-21-18-12-8-16(14-19)9-13-18/h15-18H,2-13H2,1H3. The van der Waals surface area contributed by atoms with Crippen LogP contribution in [0.2, 0.25) is 0 Å². The van der Waals surface area contributed by atoms with Crippen LogP contribution in [0.5, 0.6) is 0 Å². The maximum Gasteiger partial charge on any atom is 0.0709 e. The third-order valence-electron chi connectivity index (χ3n) is 5.30. The van der Waals surface area contributed by atoms with Crippen LogP contribution in [0, 0.1) is 23.2 Å². The monoisotopic (exact) mass is 289 g/mol. The normalized spacial score (nSPS) is 33.9. The first-order valence-electron chi connectivity index (χ1n) is 9.11. The zero-order valence-corrected chi connectivity index (χ0v) is 13.6. The van der Waals surface area contributed by atoms with E-state index in [1.54, 1.807) is 0 Å². The van der Waals surface area contributed by atoms with Gasteiger partial charge in [0.05, 0.1) is 18.2 Å². The fourth-order valence-electron chi connectivity index (χ4n) is 3.74. The summed E-state index contributed by atoms with van der Waals surface area (Å²) >= 11 is 0. The van der Waals surface area contributed by atoms with Crippen molar-refractivity contribution >= 4 is 0 Å². The van der Waals surface area contributed by atoms with Gasteiger partial charge in [-0.05, 0) is 57.3 Å². The highest BCUT2D eigenvalue weighted by atomic mass is 15.1. The maximum atomic E-state index is 8.91. The molecule has 0 spiro atoms. The third-order valence-corrected chi connectivity index (χ3v) is 5.30. The summed E-state index contributed by atoms with van der Waals surface area (Å²) < 4.78 is 0. The molecule has 0 radical (unpaired) electrons. The molecule has 3 heteroatoms. The minimum Gasteiger partial charge on any atom is -0.198 e. The van der Waals surface area contributed by atoms with E-state index in [1.165, 1.54) is 51.4 Å². The van der Waals surface area contributed by atoms with Crippen molar-refractivity contribution in [3.8, 4) is 6.07 Å². The van der Waals surface area contributed by atoms with Gasteiger partial charge in [0, 0.05) is 5.92 Å². The van der Waals surface area contributed by atoms with Crippen molar-refractivity contribution < 1.29 is 0 Å². The fourth-order valence-corrected chi connectivity index (χ4v) is 3.74. The first kappa shape index (κ1) is 16.5. The lowest BCUT2D eigenvalue weighted by molar-refractivity contribution is 0.292. The van der Waals surface area contributed by atoms with Gasteiger partial charge in [-0.15, -0.1) is 0 Å². The van der Waals surface area contributed by atoms with Gasteiger partial charge in [-0.1, -0.05) is 32.6 Å². The smallest absolute Gasteiger partial charge is 0.0709 e. The summed E-state index contributed by atoms with van der Waals surface area (Å²) in [7, 11) is 0. The van der Waals surface area contributed by atoms with Gasteiger partial charge in [0.2, 0.25) is 0 Å².